The Balaban J connectivity index is 2.78. The van der Waals surface area contributed by atoms with Crippen LogP contribution in [0.5, 0.6) is 0 Å². The van der Waals surface area contributed by atoms with E-state index in [0.29, 0.717) is 11.1 Å². The molecular weight excluding hydrogens is 188 g/mol. The van der Waals surface area contributed by atoms with Crippen molar-refractivity contribution >= 4 is 5.91 Å². The van der Waals surface area contributed by atoms with E-state index in [2.05, 4.69) is 5.32 Å². The van der Waals surface area contributed by atoms with E-state index < -0.39 is 0 Å². The number of carbonyl (C=O) groups excluding carboxylic acids is 1. The van der Waals surface area contributed by atoms with Crippen molar-refractivity contribution in [2.24, 2.45) is 0 Å². The molecule has 0 aliphatic carbocycles. The lowest BCUT2D eigenvalue weighted by Crippen LogP contribution is -2.31. The molecule has 1 N–H and O–H groups in total. The highest BCUT2D eigenvalue weighted by molar-refractivity contribution is 5.94. The zero-order valence-corrected chi connectivity index (χ0v) is 8.95. The monoisotopic (exact) mass is 202 g/mol. The molecule has 0 unspecified atom stereocenters. The fourth-order valence-corrected chi connectivity index (χ4v) is 1.14. The van der Waals surface area contributed by atoms with E-state index in [1.165, 1.54) is 0 Å². The topological polar surface area (TPSA) is 52.9 Å². The summed E-state index contributed by atoms with van der Waals surface area (Å²) in [5.41, 5.74) is 1.04. The molecule has 0 radical (unpaired) electrons. The first-order valence-electron chi connectivity index (χ1n) is 4.98. The first-order valence-corrected chi connectivity index (χ1v) is 4.98. The van der Waals surface area contributed by atoms with Crippen LogP contribution in [0.2, 0.25) is 0 Å². The second-order valence-electron chi connectivity index (χ2n) is 3.48. The number of rotatable bonds is 3. The molecule has 0 saturated heterocycles. The third-order valence-electron chi connectivity index (χ3n) is 2.24. The zero-order chi connectivity index (χ0) is 11.3. The lowest BCUT2D eigenvalue weighted by molar-refractivity contribution is 0.0939. The van der Waals surface area contributed by atoms with Gasteiger partial charge in [-0.05, 0) is 31.5 Å². The predicted molar refractivity (Wildman–Crippen MR) is 58.4 cm³/mol. The average molecular weight is 202 g/mol. The van der Waals surface area contributed by atoms with Crippen LogP contribution in [0.3, 0.4) is 0 Å². The second kappa shape index (κ2) is 5.16. The fourth-order valence-electron chi connectivity index (χ4n) is 1.14. The minimum absolute atomic E-state index is 0.124. The van der Waals surface area contributed by atoms with Gasteiger partial charge in [0.05, 0.1) is 11.6 Å². The highest BCUT2D eigenvalue weighted by Crippen LogP contribution is 2.04. The molecule has 0 saturated carbocycles. The summed E-state index contributed by atoms with van der Waals surface area (Å²) < 4.78 is 0. The summed E-state index contributed by atoms with van der Waals surface area (Å²) in [6.07, 6.45) is 0.893. The standard InChI is InChI=1S/C12H14N2O/c1-3-9(2)14-12(15)11-6-4-5-10(7-11)8-13/h4-7,9H,3H2,1-2H3,(H,14,15)/t9-/m0/s1. The molecule has 78 valence electrons. The van der Waals surface area contributed by atoms with Gasteiger partial charge in [0, 0.05) is 11.6 Å². The minimum Gasteiger partial charge on any atom is -0.350 e. The Morgan fingerprint density at radius 2 is 2.33 bits per heavy atom. The SMILES string of the molecule is CC[C@H](C)NC(=O)c1cccc(C#N)c1. The Hall–Kier alpha value is -1.82. The van der Waals surface area contributed by atoms with Crippen molar-refractivity contribution in [2.75, 3.05) is 0 Å². The van der Waals surface area contributed by atoms with Crippen molar-refractivity contribution in [1.29, 1.82) is 5.26 Å². The van der Waals surface area contributed by atoms with Crippen molar-refractivity contribution in [1.82, 2.24) is 5.32 Å². The summed E-state index contributed by atoms with van der Waals surface area (Å²) in [4.78, 5) is 11.7. The molecule has 0 fully saturated rings. The Morgan fingerprint density at radius 3 is 2.93 bits per heavy atom. The van der Waals surface area contributed by atoms with Gasteiger partial charge >= 0.3 is 0 Å². The molecule has 1 rings (SSSR count). The summed E-state index contributed by atoms with van der Waals surface area (Å²) in [5.74, 6) is -0.124. The molecule has 0 aliphatic heterocycles. The maximum absolute atomic E-state index is 11.7. The van der Waals surface area contributed by atoms with Gasteiger partial charge in [-0.15, -0.1) is 0 Å². The molecule has 0 aromatic heterocycles. The predicted octanol–water partition coefficient (Wildman–Crippen LogP) is 2.09. The molecule has 0 spiro atoms. The summed E-state index contributed by atoms with van der Waals surface area (Å²) in [7, 11) is 0. The fraction of sp³-hybridized carbons (Fsp3) is 0.333. The second-order valence-corrected chi connectivity index (χ2v) is 3.48. The number of nitrogens with zero attached hydrogens (tertiary/aromatic N) is 1. The van der Waals surface area contributed by atoms with Crippen molar-refractivity contribution in [2.45, 2.75) is 26.3 Å². The molecule has 1 atom stereocenters. The number of nitriles is 1. The Labute approximate surface area is 89.7 Å². The highest BCUT2D eigenvalue weighted by Gasteiger charge is 2.08. The number of carbonyl (C=O) groups is 1. The van der Waals surface area contributed by atoms with E-state index in [0.717, 1.165) is 6.42 Å². The maximum Gasteiger partial charge on any atom is 0.251 e. The average Bonchev–Trinajstić information content (AvgIpc) is 2.28. The van der Waals surface area contributed by atoms with Crippen LogP contribution < -0.4 is 5.32 Å². The molecule has 0 bridgehead atoms. The summed E-state index contributed by atoms with van der Waals surface area (Å²) in [6, 6.07) is 8.86. The number of nitrogens with one attached hydrogen (secondary N) is 1. The summed E-state index contributed by atoms with van der Waals surface area (Å²) >= 11 is 0. The lowest BCUT2D eigenvalue weighted by atomic mass is 10.1. The van der Waals surface area contributed by atoms with Crippen molar-refractivity contribution < 1.29 is 4.79 Å². The van der Waals surface area contributed by atoms with Crippen molar-refractivity contribution in [3.05, 3.63) is 35.4 Å². The van der Waals surface area contributed by atoms with Crippen LogP contribution in [0.25, 0.3) is 0 Å². The van der Waals surface area contributed by atoms with Gasteiger partial charge in [0.2, 0.25) is 0 Å². The normalized spacial score (nSPS) is 11.5. The van der Waals surface area contributed by atoms with E-state index in [4.69, 9.17) is 5.26 Å². The zero-order valence-electron chi connectivity index (χ0n) is 8.95. The summed E-state index contributed by atoms with van der Waals surface area (Å²) in [6.45, 7) is 3.96. The van der Waals surface area contributed by atoms with Crippen LogP contribution in [0.4, 0.5) is 0 Å². The number of benzene rings is 1. The molecule has 15 heavy (non-hydrogen) atoms. The third kappa shape index (κ3) is 3.10. The van der Waals surface area contributed by atoms with Crippen LogP contribution in [0, 0.1) is 11.3 Å². The van der Waals surface area contributed by atoms with Gasteiger partial charge in [0.1, 0.15) is 0 Å². The molecule has 1 amide bonds. The van der Waals surface area contributed by atoms with Gasteiger partial charge in [-0.2, -0.15) is 5.26 Å². The molecule has 0 heterocycles. The van der Waals surface area contributed by atoms with Gasteiger partial charge in [0.15, 0.2) is 0 Å². The van der Waals surface area contributed by atoms with E-state index in [1.54, 1.807) is 24.3 Å². The van der Waals surface area contributed by atoms with Crippen molar-refractivity contribution in [3.8, 4) is 6.07 Å². The van der Waals surface area contributed by atoms with E-state index in [-0.39, 0.29) is 11.9 Å². The van der Waals surface area contributed by atoms with Crippen LogP contribution >= 0.6 is 0 Å². The van der Waals surface area contributed by atoms with Gasteiger partial charge in [0.25, 0.3) is 5.91 Å². The van der Waals surface area contributed by atoms with Gasteiger partial charge < -0.3 is 5.32 Å². The van der Waals surface area contributed by atoms with Crippen LogP contribution in [0.15, 0.2) is 24.3 Å². The Bertz CT molecular complexity index is 393. The molecular formula is C12H14N2O. The minimum atomic E-state index is -0.124. The number of hydrogen-bond acceptors (Lipinski definition) is 2. The molecule has 3 nitrogen and oxygen atoms in total. The Morgan fingerprint density at radius 1 is 1.60 bits per heavy atom. The van der Waals surface area contributed by atoms with E-state index >= 15 is 0 Å². The van der Waals surface area contributed by atoms with Gasteiger partial charge in [-0.1, -0.05) is 13.0 Å². The van der Waals surface area contributed by atoms with Crippen LogP contribution in [0.1, 0.15) is 36.2 Å². The van der Waals surface area contributed by atoms with Gasteiger partial charge in [-0.25, -0.2) is 0 Å². The van der Waals surface area contributed by atoms with Gasteiger partial charge in [-0.3, -0.25) is 4.79 Å². The van der Waals surface area contributed by atoms with Crippen molar-refractivity contribution in [3.63, 3.8) is 0 Å². The number of amides is 1. The first kappa shape index (κ1) is 11.3. The lowest BCUT2D eigenvalue weighted by Gasteiger charge is -2.11. The molecule has 3 heteroatoms. The molecule has 1 aromatic carbocycles. The smallest absolute Gasteiger partial charge is 0.251 e. The van der Waals surface area contributed by atoms with E-state index in [9.17, 15) is 4.79 Å². The first-order chi connectivity index (χ1) is 7.17. The highest BCUT2D eigenvalue weighted by atomic mass is 16.1. The largest absolute Gasteiger partial charge is 0.350 e. The summed E-state index contributed by atoms with van der Waals surface area (Å²) in [5, 5.41) is 11.5. The van der Waals surface area contributed by atoms with Crippen LogP contribution in [-0.4, -0.2) is 11.9 Å². The maximum atomic E-state index is 11.7. The van der Waals surface area contributed by atoms with E-state index in [1.807, 2.05) is 19.9 Å². The molecule has 1 aromatic rings. The quantitative estimate of drug-likeness (QED) is 0.815. The third-order valence-corrected chi connectivity index (χ3v) is 2.24. The Kier molecular flexibility index (Phi) is 3.87. The number of hydrogen-bond donors (Lipinski definition) is 1. The van der Waals surface area contributed by atoms with Crippen LogP contribution in [-0.2, 0) is 0 Å². The molecule has 0 aliphatic rings.